The summed E-state index contributed by atoms with van der Waals surface area (Å²) in [6.07, 6.45) is 4.92. The molecule has 21 heavy (non-hydrogen) atoms. The van der Waals surface area contributed by atoms with Crippen molar-refractivity contribution < 1.29 is 4.74 Å². The van der Waals surface area contributed by atoms with E-state index < -0.39 is 0 Å². The molecule has 0 aromatic carbocycles. The van der Waals surface area contributed by atoms with Crippen LogP contribution in [0.3, 0.4) is 0 Å². The summed E-state index contributed by atoms with van der Waals surface area (Å²) in [6.45, 7) is 16.8. The lowest BCUT2D eigenvalue weighted by Crippen LogP contribution is -2.60. The number of piperazine rings is 1. The number of nitrogens with one attached hydrogen (secondary N) is 1. The van der Waals surface area contributed by atoms with E-state index in [2.05, 4.69) is 44.8 Å². The van der Waals surface area contributed by atoms with Crippen molar-refractivity contribution in [3.63, 3.8) is 0 Å². The quantitative estimate of drug-likeness (QED) is 0.624. The Morgan fingerprint density at radius 2 is 1.81 bits per heavy atom. The average molecular weight is 299 g/mol. The van der Waals surface area contributed by atoms with Crippen LogP contribution < -0.4 is 5.32 Å². The molecule has 4 unspecified atom stereocenters. The van der Waals surface area contributed by atoms with Crippen LogP contribution in [0.15, 0.2) is 0 Å². The van der Waals surface area contributed by atoms with Gasteiger partial charge < -0.3 is 10.1 Å². The molecule has 0 aliphatic carbocycles. The number of unbranched alkanes of at least 4 members (excludes halogenated alkanes) is 1. The van der Waals surface area contributed by atoms with E-state index in [0.717, 1.165) is 38.1 Å². The third-order valence-electron chi connectivity index (χ3n) is 5.29. The Hall–Kier alpha value is -0.120. The van der Waals surface area contributed by atoms with Gasteiger partial charge in [0.2, 0.25) is 0 Å². The molecule has 126 valence electrons. The highest BCUT2D eigenvalue weighted by Gasteiger charge is 2.32. The maximum atomic E-state index is 5.80. The first-order chi connectivity index (χ1) is 10.1. The molecule has 1 aliphatic heterocycles. The van der Waals surface area contributed by atoms with Crippen LogP contribution in [0, 0.1) is 11.8 Å². The van der Waals surface area contributed by atoms with Crippen LogP contribution in [0.4, 0.5) is 0 Å². The second kappa shape index (κ2) is 10.6. The van der Waals surface area contributed by atoms with Gasteiger partial charge in [0.1, 0.15) is 0 Å². The molecule has 3 heteroatoms. The van der Waals surface area contributed by atoms with Crippen LogP contribution in [0.1, 0.15) is 60.3 Å². The molecule has 0 aromatic rings. The summed E-state index contributed by atoms with van der Waals surface area (Å²) in [6, 6.07) is 1.32. The van der Waals surface area contributed by atoms with Crippen molar-refractivity contribution in [3.8, 4) is 0 Å². The topological polar surface area (TPSA) is 24.5 Å². The van der Waals surface area contributed by atoms with E-state index in [0.29, 0.717) is 12.1 Å². The minimum atomic E-state index is 0.644. The predicted molar refractivity (Wildman–Crippen MR) is 91.8 cm³/mol. The van der Waals surface area contributed by atoms with Gasteiger partial charge in [0.15, 0.2) is 0 Å². The first kappa shape index (κ1) is 18.9. The Bertz CT molecular complexity index is 260. The molecule has 1 saturated heterocycles. The van der Waals surface area contributed by atoms with Crippen molar-refractivity contribution in [1.82, 2.24) is 10.2 Å². The summed E-state index contributed by atoms with van der Waals surface area (Å²) in [5, 5.41) is 3.79. The van der Waals surface area contributed by atoms with Crippen molar-refractivity contribution in [2.45, 2.75) is 72.4 Å². The Labute approximate surface area is 132 Å². The van der Waals surface area contributed by atoms with Crippen molar-refractivity contribution >= 4 is 0 Å². The van der Waals surface area contributed by atoms with E-state index in [1.54, 1.807) is 0 Å². The first-order valence-electron chi connectivity index (χ1n) is 9.19. The average Bonchev–Trinajstić information content (AvgIpc) is 2.53. The van der Waals surface area contributed by atoms with E-state index in [1.807, 2.05) is 0 Å². The molecule has 1 N–H and O–H groups in total. The highest BCUT2D eigenvalue weighted by molar-refractivity contribution is 4.90. The fraction of sp³-hybridized carbons (Fsp3) is 1.00. The first-order valence-corrected chi connectivity index (χ1v) is 9.19. The van der Waals surface area contributed by atoms with Crippen molar-refractivity contribution in [3.05, 3.63) is 0 Å². The van der Waals surface area contributed by atoms with Crippen molar-refractivity contribution in [1.29, 1.82) is 0 Å². The molecule has 4 atom stereocenters. The molecule has 1 rings (SSSR count). The summed E-state index contributed by atoms with van der Waals surface area (Å²) in [7, 11) is 0. The smallest absolute Gasteiger partial charge is 0.0593 e. The van der Waals surface area contributed by atoms with Crippen LogP contribution in [-0.2, 0) is 4.74 Å². The van der Waals surface area contributed by atoms with Crippen molar-refractivity contribution in [2.24, 2.45) is 11.8 Å². The van der Waals surface area contributed by atoms with E-state index >= 15 is 0 Å². The van der Waals surface area contributed by atoms with Gasteiger partial charge >= 0.3 is 0 Å². The molecule has 0 aromatic heterocycles. The van der Waals surface area contributed by atoms with Crippen LogP contribution >= 0.6 is 0 Å². The zero-order chi connectivity index (χ0) is 15.7. The summed E-state index contributed by atoms with van der Waals surface area (Å²) >= 11 is 0. The highest BCUT2D eigenvalue weighted by Crippen LogP contribution is 2.21. The number of rotatable bonds is 10. The number of nitrogens with zero attached hydrogens (tertiary/aromatic N) is 1. The van der Waals surface area contributed by atoms with Crippen molar-refractivity contribution in [2.75, 3.05) is 32.8 Å². The van der Waals surface area contributed by atoms with Gasteiger partial charge in [0.05, 0.1) is 6.61 Å². The van der Waals surface area contributed by atoms with E-state index in [-0.39, 0.29) is 0 Å². The standard InChI is InChI=1S/C18H38N2O/c1-6-9-11-21-12-10-20-14-17(15(4)7-2)19-13-18(20)16(5)8-3/h15-19H,6-14H2,1-5H3. The SMILES string of the molecule is CCCCOCCN1CC(C(C)CC)NCC1C(C)CC. The third-order valence-corrected chi connectivity index (χ3v) is 5.29. The fourth-order valence-electron chi connectivity index (χ4n) is 3.14. The predicted octanol–water partition coefficient (Wildman–Crippen LogP) is 3.54. The molecular formula is C18H38N2O. The van der Waals surface area contributed by atoms with Gasteiger partial charge in [0, 0.05) is 38.3 Å². The maximum Gasteiger partial charge on any atom is 0.0593 e. The molecule has 0 saturated carbocycles. The monoisotopic (exact) mass is 298 g/mol. The van der Waals surface area contributed by atoms with Crippen LogP contribution in [0.25, 0.3) is 0 Å². The Balaban J connectivity index is 2.48. The van der Waals surface area contributed by atoms with Gasteiger partial charge in [0.25, 0.3) is 0 Å². The van der Waals surface area contributed by atoms with Gasteiger partial charge in [-0.1, -0.05) is 53.9 Å². The number of hydrogen-bond acceptors (Lipinski definition) is 3. The Morgan fingerprint density at radius 1 is 1.10 bits per heavy atom. The Morgan fingerprint density at radius 3 is 2.43 bits per heavy atom. The van der Waals surface area contributed by atoms with Gasteiger partial charge in [-0.3, -0.25) is 4.90 Å². The summed E-state index contributed by atoms with van der Waals surface area (Å²) in [4.78, 5) is 2.69. The van der Waals surface area contributed by atoms with E-state index in [9.17, 15) is 0 Å². The zero-order valence-corrected chi connectivity index (χ0v) is 15.0. The third kappa shape index (κ3) is 6.25. The molecule has 0 radical (unpaired) electrons. The molecule has 0 amide bonds. The van der Waals surface area contributed by atoms with Gasteiger partial charge in [-0.05, 0) is 18.3 Å². The molecule has 0 spiro atoms. The maximum absolute atomic E-state index is 5.80. The lowest BCUT2D eigenvalue weighted by Gasteiger charge is -2.44. The molecule has 0 bridgehead atoms. The highest BCUT2D eigenvalue weighted by atomic mass is 16.5. The molecule has 1 aliphatic rings. The second-order valence-electron chi connectivity index (χ2n) is 6.81. The second-order valence-corrected chi connectivity index (χ2v) is 6.81. The largest absolute Gasteiger partial charge is 0.380 e. The fourth-order valence-corrected chi connectivity index (χ4v) is 3.14. The molecular weight excluding hydrogens is 260 g/mol. The minimum Gasteiger partial charge on any atom is -0.380 e. The lowest BCUT2D eigenvalue weighted by atomic mass is 9.90. The minimum absolute atomic E-state index is 0.644. The van der Waals surface area contributed by atoms with Crippen LogP contribution in [0.5, 0.6) is 0 Å². The normalized spacial score (nSPS) is 26.7. The van der Waals surface area contributed by atoms with Crippen LogP contribution in [-0.4, -0.2) is 49.8 Å². The van der Waals surface area contributed by atoms with E-state index in [4.69, 9.17) is 4.74 Å². The van der Waals surface area contributed by atoms with Gasteiger partial charge in [-0.25, -0.2) is 0 Å². The Kier molecular flexibility index (Phi) is 9.54. The molecule has 3 nitrogen and oxygen atoms in total. The molecule has 1 fully saturated rings. The van der Waals surface area contributed by atoms with Crippen LogP contribution in [0.2, 0.25) is 0 Å². The number of hydrogen-bond donors (Lipinski definition) is 1. The van der Waals surface area contributed by atoms with E-state index in [1.165, 1.54) is 32.2 Å². The molecule has 1 heterocycles. The van der Waals surface area contributed by atoms with Gasteiger partial charge in [-0.2, -0.15) is 0 Å². The summed E-state index contributed by atoms with van der Waals surface area (Å²) in [5.41, 5.74) is 0. The van der Waals surface area contributed by atoms with Gasteiger partial charge in [-0.15, -0.1) is 0 Å². The number of ether oxygens (including phenoxy) is 1. The summed E-state index contributed by atoms with van der Waals surface area (Å²) < 4.78 is 5.80. The lowest BCUT2D eigenvalue weighted by molar-refractivity contribution is 0.0378. The zero-order valence-electron chi connectivity index (χ0n) is 15.0. The summed E-state index contributed by atoms with van der Waals surface area (Å²) in [5.74, 6) is 1.51.